The Morgan fingerprint density at radius 1 is 1.29 bits per heavy atom. The third-order valence-electron chi connectivity index (χ3n) is 3.93. The van der Waals surface area contributed by atoms with Gasteiger partial charge in [-0.2, -0.15) is 0 Å². The molecule has 28 heavy (non-hydrogen) atoms. The van der Waals surface area contributed by atoms with Gasteiger partial charge < -0.3 is 4.74 Å². The van der Waals surface area contributed by atoms with E-state index in [9.17, 15) is 24.1 Å². The molecule has 0 unspecified atom stereocenters. The highest BCUT2D eigenvalue weighted by Crippen LogP contribution is 2.36. The van der Waals surface area contributed by atoms with E-state index in [0.717, 1.165) is 11.0 Å². The van der Waals surface area contributed by atoms with Crippen molar-refractivity contribution in [2.75, 3.05) is 7.11 Å². The smallest absolute Gasteiger partial charge is 0.293 e. The van der Waals surface area contributed by atoms with Crippen LogP contribution in [0.15, 0.2) is 41.3 Å². The van der Waals surface area contributed by atoms with Gasteiger partial charge in [-0.1, -0.05) is 17.7 Å². The molecule has 1 aliphatic heterocycles. The Labute approximate surface area is 167 Å². The van der Waals surface area contributed by atoms with E-state index in [0.29, 0.717) is 28.6 Å². The Balaban J connectivity index is 1.91. The van der Waals surface area contributed by atoms with Crippen LogP contribution in [0.2, 0.25) is 5.02 Å². The fraction of sp³-hybridized carbons (Fsp3) is 0.111. The van der Waals surface area contributed by atoms with Gasteiger partial charge in [-0.15, -0.1) is 0 Å². The lowest BCUT2D eigenvalue weighted by atomic mass is 10.1. The van der Waals surface area contributed by atoms with Gasteiger partial charge in [0.25, 0.3) is 16.8 Å². The molecule has 2 aromatic carbocycles. The average molecular weight is 423 g/mol. The first-order valence-electron chi connectivity index (χ1n) is 7.82. The molecule has 1 aliphatic rings. The molecule has 1 saturated heterocycles. The van der Waals surface area contributed by atoms with Crippen LogP contribution in [0.3, 0.4) is 0 Å². The van der Waals surface area contributed by atoms with Gasteiger partial charge in [0.2, 0.25) is 0 Å². The van der Waals surface area contributed by atoms with Crippen molar-refractivity contribution in [3.8, 4) is 5.75 Å². The molecule has 1 fully saturated rings. The van der Waals surface area contributed by atoms with Crippen molar-refractivity contribution < 1.29 is 23.6 Å². The number of hydrogen-bond acceptors (Lipinski definition) is 6. The maximum Gasteiger partial charge on any atom is 0.293 e. The maximum absolute atomic E-state index is 13.2. The van der Waals surface area contributed by atoms with Gasteiger partial charge in [-0.3, -0.25) is 24.6 Å². The SMILES string of the molecule is COc1ccc([N+](=O)[O-])cc1/C=C1/SC(=O)N(Cc2ccc(F)cc2Cl)C1=O. The number of hydrogen-bond donors (Lipinski definition) is 0. The molecule has 0 radical (unpaired) electrons. The first-order valence-corrected chi connectivity index (χ1v) is 9.01. The highest BCUT2D eigenvalue weighted by Gasteiger charge is 2.35. The number of amides is 2. The molecule has 7 nitrogen and oxygen atoms in total. The minimum Gasteiger partial charge on any atom is -0.496 e. The average Bonchev–Trinajstić information content (AvgIpc) is 2.91. The summed E-state index contributed by atoms with van der Waals surface area (Å²) in [5, 5.41) is 10.6. The third kappa shape index (κ3) is 4.00. The fourth-order valence-corrected chi connectivity index (χ4v) is 3.60. The number of rotatable bonds is 5. The fourth-order valence-electron chi connectivity index (χ4n) is 2.55. The number of methoxy groups -OCH3 is 1. The second-order valence-corrected chi connectivity index (χ2v) is 7.09. The van der Waals surface area contributed by atoms with E-state index in [1.165, 1.54) is 43.5 Å². The van der Waals surface area contributed by atoms with E-state index in [4.69, 9.17) is 16.3 Å². The first-order chi connectivity index (χ1) is 13.3. The lowest BCUT2D eigenvalue weighted by Crippen LogP contribution is -2.27. The van der Waals surface area contributed by atoms with E-state index < -0.39 is 21.9 Å². The van der Waals surface area contributed by atoms with Crippen LogP contribution >= 0.6 is 23.4 Å². The van der Waals surface area contributed by atoms with Crippen molar-refractivity contribution in [3.05, 3.63) is 73.4 Å². The molecule has 0 atom stereocenters. The summed E-state index contributed by atoms with van der Waals surface area (Å²) < 4.78 is 18.3. The number of imide groups is 1. The predicted octanol–water partition coefficient (Wildman–Crippen LogP) is 4.63. The number of carbonyl (C=O) groups is 2. The van der Waals surface area contributed by atoms with Crippen LogP contribution in [0.25, 0.3) is 6.08 Å². The Morgan fingerprint density at radius 2 is 2.04 bits per heavy atom. The summed E-state index contributed by atoms with van der Waals surface area (Å²) in [6.07, 6.45) is 1.36. The number of halogens is 2. The number of nitrogens with zero attached hydrogens (tertiary/aromatic N) is 2. The van der Waals surface area contributed by atoms with E-state index in [1.54, 1.807) is 0 Å². The van der Waals surface area contributed by atoms with Gasteiger partial charge >= 0.3 is 0 Å². The monoisotopic (exact) mass is 422 g/mol. The van der Waals surface area contributed by atoms with Crippen LogP contribution in [0.5, 0.6) is 5.75 Å². The van der Waals surface area contributed by atoms with Crippen molar-refractivity contribution >= 4 is 46.3 Å². The molecule has 0 spiro atoms. The van der Waals surface area contributed by atoms with Crippen LogP contribution in [0.1, 0.15) is 11.1 Å². The largest absolute Gasteiger partial charge is 0.496 e. The Morgan fingerprint density at radius 3 is 2.68 bits per heavy atom. The van der Waals surface area contributed by atoms with Gasteiger partial charge in [-0.05, 0) is 41.6 Å². The molecule has 0 bridgehead atoms. The zero-order valence-corrected chi connectivity index (χ0v) is 15.9. The number of nitro groups is 1. The van der Waals surface area contributed by atoms with Gasteiger partial charge in [0.15, 0.2) is 0 Å². The number of nitro benzene ring substituents is 1. The van der Waals surface area contributed by atoms with Crippen LogP contribution < -0.4 is 4.74 Å². The van der Waals surface area contributed by atoms with E-state index in [1.807, 2.05) is 0 Å². The second-order valence-electron chi connectivity index (χ2n) is 5.69. The number of non-ortho nitro benzene ring substituents is 1. The highest BCUT2D eigenvalue weighted by molar-refractivity contribution is 8.18. The number of ether oxygens (including phenoxy) is 1. The summed E-state index contributed by atoms with van der Waals surface area (Å²) >= 11 is 6.66. The second kappa shape index (κ2) is 7.99. The summed E-state index contributed by atoms with van der Waals surface area (Å²) in [4.78, 5) is 36.4. The molecule has 3 rings (SSSR count). The molecule has 1 heterocycles. The summed E-state index contributed by atoms with van der Waals surface area (Å²) in [7, 11) is 1.39. The molecule has 2 aromatic rings. The molecule has 0 aliphatic carbocycles. The van der Waals surface area contributed by atoms with Gasteiger partial charge in [0.1, 0.15) is 11.6 Å². The standard InChI is InChI=1S/C18H12ClFN2O5S/c1-27-15-5-4-13(22(25)26)6-11(15)7-16-17(23)21(18(24)28-16)9-10-2-3-12(20)8-14(10)19/h2-8H,9H2,1H3/b16-7+. The molecule has 2 amide bonds. The van der Waals surface area contributed by atoms with Gasteiger partial charge in [-0.25, -0.2) is 4.39 Å². The molecule has 144 valence electrons. The third-order valence-corrected chi connectivity index (χ3v) is 5.19. The topological polar surface area (TPSA) is 89.8 Å². The minimum atomic E-state index is -0.580. The molecular formula is C18H12ClFN2O5S. The molecule has 10 heteroatoms. The van der Waals surface area contributed by atoms with Gasteiger partial charge in [0.05, 0.1) is 23.5 Å². The molecule has 0 N–H and O–H groups in total. The number of benzene rings is 2. The zero-order valence-electron chi connectivity index (χ0n) is 14.3. The van der Waals surface area contributed by atoms with Crippen LogP contribution in [0, 0.1) is 15.9 Å². The van der Waals surface area contributed by atoms with E-state index in [2.05, 4.69) is 0 Å². The lowest BCUT2D eigenvalue weighted by molar-refractivity contribution is -0.384. The summed E-state index contributed by atoms with van der Waals surface area (Å²) in [5.74, 6) is -0.788. The molecular weight excluding hydrogens is 411 g/mol. The highest BCUT2D eigenvalue weighted by atomic mass is 35.5. The van der Waals surface area contributed by atoms with Crippen LogP contribution in [-0.4, -0.2) is 28.1 Å². The van der Waals surface area contributed by atoms with Crippen molar-refractivity contribution in [2.45, 2.75) is 6.54 Å². The van der Waals surface area contributed by atoms with Gasteiger partial charge in [0, 0.05) is 22.7 Å². The quantitative estimate of drug-likeness (QED) is 0.396. The van der Waals surface area contributed by atoms with E-state index in [-0.39, 0.29) is 22.2 Å². The normalized spacial score (nSPS) is 15.4. The zero-order chi connectivity index (χ0) is 20.4. The summed E-state index contributed by atoms with van der Waals surface area (Å²) in [6, 6.07) is 7.62. The number of thioether (sulfide) groups is 1. The summed E-state index contributed by atoms with van der Waals surface area (Å²) in [5.41, 5.74) is 0.533. The first kappa shape index (κ1) is 19.8. The van der Waals surface area contributed by atoms with Crippen molar-refractivity contribution in [3.63, 3.8) is 0 Å². The Kier molecular flexibility index (Phi) is 5.66. The van der Waals surface area contributed by atoms with Crippen molar-refractivity contribution in [2.24, 2.45) is 0 Å². The van der Waals surface area contributed by atoms with Crippen molar-refractivity contribution in [1.29, 1.82) is 0 Å². The Bertz CT molecular complexity index is 1030. The van der Waals surface area contributed by atoms with Crippen LogP contribution in [0.4, 0.5) is 14.9 Å². The Hall–Kier alpha value is -2.91. The lowest BCUT2D eigenvalue weighted by Gasteiger charge is -2.13. The predicted molar refractivity (Wildman–Crippen MR) is 103 cm³/mol. The summed E-state index contributed by atoms with van der Waals surface area (Å²) in [6.45, 7) is -0.118. The number of carbonyl (C=O) groups excluding carboxylic acids is 2. The minimum absolute atomic E-state index is 0.0852. The molecule has 0 aromatic heterocycles. The maximum atomic E-state index is 13.2. The van der Waals surface area contributed by atoms with E-state index >= 15 is 0 Å². The van der Waals surface area contributed by atoms with Crippen molar-refractivity contribution in [1.82, 2.24) is 4.90 Å². The molecule has 0 saturated carbocycles. The van der Waals surface area contributed by atoms with Crippen LogP contribution in [-0.2, 0) is 11.3 Å².